The minimum absolute atomic E-state index is 0.519. The van der Waals surface area contributed by atoms with Gasteiger partial charge in [-0.15, -0.1) is 11.3 Å². The third-order valence-corrected chi connectivity index (χ3v) is 3.39. The summed E-state index contributed by atoms with van der Waals surface area (Å²) in [5.41, 5.74) is 1.73. The number of aliphatic hydroxyl groups is 1. The van der Waals surface area contributed by atoms with Crippen LogP contribution >= 0.6 is 11.3 Å². The Kier molecular flexibility index (Phi) is 3.76. The van der Waals surface area contributed by atoms with Crippen LogP contribution in [-0.2, 0) is 6.42 Å². The van der Waals surface area contributed by atoms with E-state index in [1.54, 1.807) is 18.4 Å². The van der Waals surface area contributed by atoms with Gasteiger partial charge in [0.1, 0.15) is 5.75 Å². The highest BCUT2D eigenvalue weighted by molar-refractivity contribution is 7.09. The van der Waals surface area contributed by atoms with E-state index in [1.807, 2.05) is 36.6 Å². The number of thiazole rings is 1. The molecule has 4 heteroatoms. The first-order valence-electron chi connectivity index (χ1n) is 5.42. The molecule has 0 aliphatic rings. The lowest BCUT2D eigenvalue weighted by Gasteiger charge is -2.13. The standard InChI is InChI=1S/C13H15NO2S/c1-9-14-10(8-17-9)7-12(15)11-5-3-4-6-13(11)16-2/h3-6,8,12,15H,7H2,1-2H3. The third-order valence-electron chi connectivity index (χ3n) is 2.57. The number of para-hydroxylation sites is 1. The number of hydrogen-bond donors (Lipinski definition) is 1. The van der Waals surface area contributed by atoms with Gasteiger partial charge in [0.25, 0.3) is 0 Å². The molecule has 1 N–H and O–H groups in total. The van der Waals surface area contributed by atoms with Gasteiger partial charge in [0.05, 0.1) is 23.9 Å². The van der Waals surface area contributed by atoms with Gasteiger partial charge in [-0.2, -0.15) is 0 Å². The van der Waals surface area contributed by atoms with Crippen molar-refractivity contribution >= 4 is 11.3 Å². The molecular formula is C13H15NO2S. The fourth-order valence-corrected chi connectivity index (χ4v) is 2.38. The molecule has 0 aliphatic carbocycles. The maximum Gasteiger partial charge on any atom is 0.124 e. The second-order valence-corrected chi connectivity index (χ2v) is 4.88. The van der Waals surface area contributed by atoms with Gasteiger partial charge in [-0.1, -0.05) is 18.2 Å². The molecule has 3 nitrogen and oxygen atoms in total. The molecule has 0 bridgehead atoms. The molecule has 17 heavy (non-hydrogen) atoms. The molecule has 0 saturated heterocycles. The Morgan fingerprint density at radius 3 is 2.82 bits per heavy atom. The molecule has 0 saturated carbocycles. The van der Waals surface area contributed by atoms with E-state index in [0.29, 0.717) is 12.2 Å². The van der Waals surface area contributed by atoms with Crippen molar-refractivity contribution in [3.05, 3.63) is 45.9 Å². The zero-order valence-corrected chi connectivity index (χ0v) is 10.7. The summed E-state index contributed by atoms with van der Waals surface area (Å²) in [6, 6.07) is 7.52. The van der Waals surface area contributed by atoms with Gasteiger partial charge in [0, 0.05) is 17.4 Å². The molecule has 1 heterocycles. The average molecular weight is 249 g/mol. The second-order valence-electron chi connectivity index (χ2n) is 3.82. The summed E-state index contributed by atoms with van der Waals surface area (Å²) in [6.45, 7) is 1.96. The maximum absolute atomic E-state index is 10.2. The molecular weight excluding hydrogens is 234 g/mol. The number of benzene rings is 1. The van der Waals surface area contributed by atoms with Crippen LogP contribution in [0.1, 0.15) is 22.4 Å². The normalized spacial score (nSPS) is 12.4. The summed E-state index contributed by atoms with van der Waals surface area (Å²) in [7, 11) is 1.61. The first kappa shape index (κ1) is 12.1. The number of methoxy groups -OCH3 is 1. The molecule has 0 radical (unpaired) electrons. The zero-order valence-electron chi connectivity index (χ0n) is 9.88. The molecule has 0 aliphatic heterocycles. The maximum atomic E-state index is 10.2. The smallest absolute Gasteiger partial charge is 0.124 e. The number of aromatic nitrogens is 1. The number of aryl methyl sites for hydroxylation is 1. The van der Waals surface area contributed by atoms with Crippen LogP contribution in [0.15, 0.2) is 29.6 Å². The predicted octanol–water partition coefficient (Wildman–Crippen LogP) is 2.74. The largest absolute Gasteiger partial charge is 0.496 e. The zero-order chi connectivity index (χ0) is 12.3. The molecule has 1 unspecified atom stereocenters. The van der Waals surface area contributed by atoms with Crippen molar-refractivity contribution in [1.82, 2.24) is 4.98 Å². The summed E-state index contributed by atoms with van der Waals surface area (Å²) in [5, 5.41) is 13.2. The van der Waals surface area contributed by atoms with Gasteiger partial charge < -0.3 is 9.84 Å². The minimum atomic E-state index is -0.576. The number of hydrogen-bond acceptors (Lipinski definition) is 4. The first-order valence-corrected chi connectivity index (χ1v) is 6.30. The summed E-state index contributed by atoms with van der Waals surface area (Å²) < 4.78 is 5.23. The van der Waals surface area contributed by atoms with Crippen molar-refractivity contribution in [3.8, 4) is 5.75 Å². The molecule has 2 rings (SSSR count). The van der Waals surface area contributed by atoms with Crippen LogP contribution in [0.4, 0.5) is 0 Å². The molecule has 0 amide bonds. The topological polar surface area (TPSA) is 42.4 Å². The average Bonchev–Trinajstić information content (AvgIpc) is 2.74. The molecule has 1 aromatic heterocycles. The van der Waals surface area contributed by atoms with Crippen molar-refractivity contribution in [3.63, 3.8) is 0 Å². The number of aliphatic hydroxyl groups excluding tert-OH is 1. The van der Waals surface area contributed by atoms with Crippen molar-refractivity contribution in [2.45, 2.75) is 19.4 Å². The SMILES string of the molecule is COc1ccccc1C(O)Cc1csc(C)n1. The lowest BCUT2D eigenvalue weighted by molar-refractivity contribution is 0.173. The number of nitrogens with zero attached hydrogens (tertiary/aromatic N) is 1. The van der Waals surface area contributed by atoms with Gasteiger partial charge >= 0.3 is 0 Å². The number of rotatable bonds is 4. The Morgan fingerprint density at radius 1 is 1.41 bits per heavy atom. The van der Waals surface area contributed by atoms with E-state index in [1.165, 1.54) is 0 Å². The highest BCUT2D eigenvalue weighted by atomic mass is 32.1. The van der Waals surface area contributed by atoms with Crippen LogP contribution in [0, 0.1) is 6.92 Å². The summed E-state index contributed by atoms with van der Waals surface area (Å²) >= 11 is 1.60. The van der Waals surface area contributed by atoms with Crippen LogP contribution in [-0.4, -0.2) is 17.2 Å². The molecule has 0 fully saturated rings. The Morgan fingerprint density at radius 2 is 2.18 bits per heavy atom. The highest BCUT2D eigenvalue weighted by Gasteiger charge is 2.14. The van der Waals surface area contributed by atoms with E-state index < -0.39 is 6.10 Å². The van der Waals surface area contributed by atoms with Crippen molar-refractivity contribution in [2.24, 2.45) is 0 Å². The van der Waals surface area contributed by atoms with E-state index in [4.69, 9.17) is 4.74 Å². The van der Waals surface area contributed by atoms with Crippen LogP contribution in [0.25, 0.3) is 0 Å². The Balaban J connectivity index is 2.16. The fourth-order valence-electron chi connectivity index (χ4n) is 1.75. The van der Waals surface area contributed by atoms with Crippen molar-refractivity contribution in [1.29, 1.82) is 0 Å². The second kappa shape index (κ2) is 5.29. The van der Waals surface area contributed by atoms with E-state index in [2.05, 4.69) is 4.98 Å². The van der Waals surface area contributed by atoms with Gasteiger partial charge in [-0.25, -0.2) is 4.98 Å². The van der Waals surface area contributed by atoms with Crippen LogP contribution in [0.3, 0.4) is 0 Å². The first-order chi connectivity index (χ1) is 8.20. The van der Waals surface area contributed by atoms with Crippen LogP contribution < -0.4 is 4.74 Å². The van der Waals surface area contributed by atoms with E-state index in [9.17, 15) is 5.11 Å². The van der Waals surface area contributed by atoms with Crippen LogP contribution in [0.2, 0.25) is 0 Å². The Hall–Kier alpha value is -1.39. The quantitative estimate of drug-likeness (QED) is 0.906. The molecule has 1 atom stereocenters. The fraction of sp³-hybridized carbons (Fsp3) is 0.308. The highest BCUT2D eigenvalue weighted by Crippen LogP contribution is 2.27. The Labute approximate surface area is 105 Å². The Bertz CT molecular complexity index is 496. The van der Waals surface area contributed by atoms with E-state index in [-0.39, 0.29) is 0 Å². The lowest BCUT2D eigenvalue weighted by Crippen LogP contribution is -2.04. The molecule has 1 aromatic carbocycles. The van der Waals surface area contributed by atoms with Gasteiger partial charge in [-0.05, 0) is 13.0 Å². The van der Waals surface area contributed by atoms with Gasteiger partial charge in [0.2, 0.25) is 0 Å². The van der Waals surface area contributed by atoms with E-state index in [0.717, 1.165) is 16.3 Å². The predicted molar refractivity (Wildman–Crippen MR) is 68.5 cm³/mol. The molecule has 2 aromatic rings. The monoisotopic (exact) mass is 249 g/mol. The minimum Gasteiger partial charge on any atom is -0.496 e. The van der Waals surface area contributed by atoms with Crippen molar-refractivity contribution in [2.75, 3.05) is 7.11 Å². The third kappa shape index (κ3) is 2.84. The number of ether oxygens (including phenoxy) is 1. The van der Waals surface area contributed by atoms with Crippen molar-refractivity contribution < 1.29 is 9.84 Å². The van der Waals surface area contributed by atoms with Gasteiger partial charge in [-0.3, -0.25) is 0 Å². The van der Waals surface area contributed by atoms with Crippen LogP contribution in [0.5, 0.6) is 5.75 Å². The summed E-state index contributed by atoms with van der Waals surface area (Å²) in [6.07, 6.45) is -0.0577. The summed E-state index contributed by atoms with van der Waals surface area (Å²) in [4.78, 5) is 4.35. The van der Waals surface area contributed by atoms with E-state index >= 15 is 0 Å². The molecule has 0 spiro atoms. The molecule has 90 valence electrons. The van der Waals surface area contributed by atoms with Gasteiger partial charge in [0.15, 0.2) is 0 Å². The summed E-state index contributed by atoms with van der Waals surface area (Å²) in [5.74, 6) is 0.715. The lowest BCUT2D eigenvalue weighted by atomic mass is 10.0.